The van der Waals surface area contributed by atoms with E-state index in [1.165, 1.54) is 11.2 Å². The van der Waals surface area contributed by atoms with Crippen LogP contribution >= 0.6 is 23.2 Å². The summed E-state index contributed by atoms with van der Waals surface area (Å²) >= 11 is 12.7. The SMILES string of the molecule is CCOC(=O)C1=C(CN2CCCN(C(=O)c3ccco3)CC2)N(C)C(=O)N[C@H]1c1cccc(Cl)c1Cl. The van der Waals surface area contributed by atoms with Gasteiger partial charge in [-0.3, -0.25) is 14.6 Å². The molecule has 0 radical (unpaired) electrons. The Labute approximate surface area is 219 Å². The van der Waals surface area contributed by atoms with Gasteiger partial charge in [0, 0.05) is 45.5 Å². The Morgan fingerprint density at radius 1 is 1.14 bits per heavy atom. The highest BCUT2D eigenvalue weighted by atomic mass is 35.5. The fraction of sp³-hybridized carbons (Fsp3) is 0.400. The molecule has 1 N–H and O–H groups in total. The summed E-state index contributed by atoms with van der Waals surface area (Å²) in [6.45, 7) is 4.53. The minimum atomic E-state index is -0.821. The summed E-state index contributed by atoms with van der Waals surface area (Å²) in [7, 11) is 1.62. The topological polar surface area (TPSA) is 95.3 Å². The van der Waals surface area contributed by atoms with Crippen LogP contribution in [0, 0.1) is 0 Å². The van der Waals surface area contributed by atoms with E-state index >= 15 is 0 Å². The number of benzene rings is 1. The first kappa shape index (κ1) is 26.1. The van der Waals surface area contributed by atoms with Gasteiger partial charge < -0.3 is 19.4 Å². The van der Waals surface area contributed by atoms with Crippen molar-refractivity contribution >= 4 is 41.1 Å². The van der Waals surface area contributed by atoms with Crippen LogP contribution in [-0.2, 0) is 9.53 Å². The smallest absolute Gasteiger partial charge is 0.338 e. The Morgan fingerprint density at radius 3 is 2.67 bits per heavy atom. The number of carbonyl (C=O) groups excluding carboxylic acids is 3. The molecule has 11 heteroatoms. The summed E-state index contributed by atoms with van der Waals surface area (Å²) in [6.07, 6.45) is 2.21. The van der Waals surface area contributed by atoms with Gasteiger partial charge in [0.25, 0.3) is 5.91 Å². The number of carbonyl (C=O) groups is 3. The van der Waals surface area contributed by atoms with E-state index < -0.39 is 12.0 Å². The molecule has 2 aromatic rings. The number of hydrogen-bond acceptors (Lipinski definition) is 6. The first-order valence-corrected chi connectivity index (χ1v) is 12.5. The van der Waals surface area contributed by atoms with Gasteiger partial charge in [-0.2, -0.15) is 0 Å². The maximum absolute atomic E-state index is 13.2. The molecule has 1 saturated heterocycles. The molecule has 2 aliphatic rings. The quantitative estimate of drug-likeness (QED) is 0.563. The zero-order valence-electron chi connectivity index (χ0n) is 20.1. The maximum atomic E-state index is 13.2. The second-order valence-corrected chi connectivity index (χ2v) is 9.35. The van der Waals surface area contributed by atoms with E-state index in [4.69, 9.17) is 32.4 Å². The van der Waals surface area contributed by atoms with Crippen LogP contribution in [0.15, 0.2) is 52.3 Å². The van der Waals surface area contributed by atoms with Crippen LogP contribution in [0.1, 0.15) is 35.5 Å². The van der Waals surface area contributed by atoms with Crippen molar-refractivity contribution in [2.45, 2.75) is 19.4 Å². The molecule has 1 aromatic heterocycles. The first-order chi connectivity index (χ1) is 17.3. The van der Waals surface area contributed by atoms with Gasteiger partial charge in [-0.25, -0.2) is 9.59 Å². The minimum absolute atomic E-state index is 0.155. The fourth-order valence-corrected chi connectivity index (χ4v) is 4.89. The van der Waals surface area contributed by atoms with E-state index in [9.17, 15) is 14.4 Å². The lowest BCUT2D eigenvalue weighted by Gasteiger charge is -2.37. The molecular weight excluding hydrogens is 507 g/mol. The molecule has 3 amide bonds. The molecule has 0 spiro atoms. The summed E-state index contributed by atoms with van der Waals surface area (Å²) in [6, 6.07) is 7.24. The van der Waals surface area contributed by atoms with Crippen LogP contribution in [0.3, 0.4) is 0 Å². The molecule has 0 saturated carbocycles. The van der Waals surface area contributed by atoms with E-state index in [1.807, 2.05) is 0 Å². The molecule has 36 heavy (non-hydrogen) atoms. The third kappa shape index (κ3) is 5.38. The van der Waals surface area contributed by atoms with Gasteiger partial charge in [-0.1, -0.05) is 35.3 Å². The number of halogens is 2. The van der Waals surface area contributed by atoms with Gasteiger partial charge in [-0.15, -0.1) is 0 Å². The second kappa shape index (κ2) is 11.4. The molecule has 0 bridgehead atoms. The number of esters is 1. The number of furan rings is 1. The lowest BCUT2D eigenvalue weighted by atomic mass is 9.94. The van der Waals surface area contributed by atoms with E-state index in [1.54, 1.807) is 49.2 Å². The fourth-order valence-electron chi connectivity index (χ4n) is 4.47. The van der Waals surface area contributed by atoms with Crippen molar-refractivity contribution in [1.29, 1.82) is 0 Å². The molecule has 192 valence electrons. The summed E-state index contributed by atoms with van der Waals surface area (Å²) in [5.41, 5.74) is 1.33. The van der Waals surface area contributed by atoms with Gasteiger partial charge in [0.2, 0.25) is 0 Å². The monoisotopic (exact) mass is 534 g/mol. The highest BCUT2D eigenvalue weighted by Crippen LogP contribution is 2.37. The molecule has 0 aliphatic carbocycles. The number of likely N-dealkylation sites (N-methyl/N-ethyl adjacent to an activating group) is 1. The van der Waals surface area contributed by atoms with Crippen LogP contribution in [0.5, 0.6) is 0 Å². The average molecular weight is 535 g/mol. The molecule has 3 heterocycles. The Balaban J connectivity index is 1.64. The molecular formula is C25H28Cl2N4O5. The molecule has 4 rings (SSSR count). The second-order valence-electron chi connectivity index (χ2n) is 8.56. The predicted octanol–water partition coefficient (Wildman–Crippen LogP) is 3.95. The molecule has 1 aromatic carbocycles. The van der Waals surface area contributed by atoms with Crippen LogP contribution in [0.4, 0.5) is 4.79 Å². The minimum Gasteiger partial charge on any atom is -0.463 e. The summed E-state index contributed by atoms with van der Waals surface area (Å²) in [5.74, 6) is -0.386. The van der Waals surface area contributed by atoms with Crippen molar-refractivity contribution in [2.24, 2.45) is 0 Å². The van der Waals surface area contributed by atoms with Crippen molar-refractivity contribution in [3.05, 3.63) is 69.2 Å². The third-order valence-corrected chi connectivity index (χ3v) is 7.18. The molecule has 9 nitrogen and oxygen atoms in total. The maximum Gasteiger partial charge on any atom is 0.338 e. The summed E-state index contributed by atoms with van der Waals surface area (Å²) in [5, 5.41) is 3.44. The number of rotatable bonds is 6. The number of hydrogen-bond donors (Lipinski definition) is 1. The lowest BCUT2D eigenvalue weighted by Crippen LogP contribution is -2.49. The normalized spacial score (nSPS) is 19.2. The highest BCUT2D eigenvalue weighted by Gasteiger charge is 2.38. The van der Waals surface area contributed by atoms with Crippen molar-refractivity contribution in [2.75, 3.05) is 46.4 Å². The van der Waals surface area contributed by atoms with Gasteiger partial charge in [0.15, 0.2) is 5.76 Å². The van der Waals surface area contributed by atoms with Gasteiger partial charge >= 0.3 is 12.0 Å². The molecule has 1 fully saturated rings. The zero-order chi connectivity index (χ0) is 25.8. The Bertz CT molecular complexity index is 1170. The van der Waals surface area contributed by atoms with E-state index in [2.05, 4.69) is 10.2 Å². The summed E-state index contributed by atoms with van der Waals surface area (Å²) < 4.78 is 10.7. The van der Waals surface area contributed by atoms with Gasteiger partial charge in [-0.05, 0) is 37.1 Å². The number of amides is 3. The number of nitrogens with zero attached hydrogens (tertiary/aromatic N) is 3. The Morgan fingerprint density at radius 2 is 1.94 bits per heavy atom. The lowest BCUT2D eigenvalue weighted by molar-refractivity contribution is -0.139. The highest BCUT2D eigenvalue weighted by molar-refractivity contribution is 6.42. The number of urea groups is 1. The van der Waals surface area contributed by atoms with Gasteiger partial charge in [0.05, 0.1) is 34.5 Å². The van der Waals surface area contributed by atoms with Crippen LogP contribution in [0.25, 0.3) is 0 Å². The van der Waals surface area contributed by atoms with Crippen LogP contribution < -0.4 is 5.32 Å². The van der Waals surface area contributed by atoms with E-state index in [0.29, 0.717) is 60.3 Å². The summed E-state index contributed by atoms with van der Waals surface area (Å²) in [4.78, 5) is 44.2. The third-order valence-electron chi connectivity index (χ3n) is 6.35. The Hall–Kier alpha value is -3.01. The van der Waals surface area contributed by atoms with Crippen molar-refractivity contribution in [3.63, 3.8) is 0 Å². The first-order valence-electron chi connectivity index (χ1n) is 11.7. The van der Waals surface area contributed by atoms with Gasteiger partial charge in [0.1, 0.15) is 0 Å². The molecule has 1 atom stereocenters. The van der Waals surface area contributed by atoms with E-state index in [-0.39, 0.29) is 23.6 Å². The standard InChI is InChI=1S/C25H28Cl2N4O5/c1-3-35-24(33)20-18(29(2)25(34)28-22(20)16-7-4-8-17(26)21(16)27)15-30-10-6-11-31(13-12-30)23(32)19-9-5-14-36-19/h4-5,7-9,14,22H,3,6,10-13,15H2,1-2H3,(H,28,34)/t22-/m0/s1. The Kier molecular flexibility index (Phi) is 8.23. The van der Waals surface area contributed by atoms with Crippen molar-refractivity contribution < 1.29 is 23.5 Å². The van der Waals surface area contributed by atoms with Crippen molar-refractivity contribution in [3.8, 4) is 0 Å². The number of nitrogens with one attached hydrogen (secondary N) is 1. The zero-order valence-corrected chi connectivity index (χ0v) is 21.6. The van der Waals surface area contributed by atoms with Crippen LogP contribution in [0.2, 0.25) is 10.0 Å². The molecule has 2 aliphatic heterocycles. The number of ether oxygens (including phenoxy) is 1. The largest absolute Gasteiger partial charge is 0.463 e. The van der Waals surface area contributed by atoms with Crippen molar-refractivity contribution in [1.82, 2.24) is 20.0 Å². The predicted molar refractivity (Wildman–Crippen MR) is 135 cm³/mol. The molecule has 0 unspecified atom stereocenters. The van der Waals surface area contributed by atoms with Crippen LogP contribution in [-0.4, -0.2) is 79.0 Å². The average Bonchev–Trinajstić information content (AvgIpc) is 3.30. The van der Waals surface area contributed by atoms with E-state index in [0.717, 1.165) is 6.42 Å².